The van der Waals surface area contributed by atoms with Gasteiger partial charge in [0.15, 0.2) is 4.90 Å². The summed E-state index contributed by atoms with van der Waals surface area (Å²) in [5, 5.41) is 14.9. The van der Waals surface area contributed by atoms with Crippen LogP contribution in [0, 0.1) is 17.0 Å². The molecule has 0 saturated carbocycles. The van der Waals surface area contributed by atoms with Crippen LogP contribution in [0.1, 0.15) is 12.5 Å². The van der Waals surface area contributed by atoms with Crippen molar-refractivity contribution in [1.82, 2.24) is 19.5 Å². The van der Waals surface area contributed by atoms with E-state index in [0.717, 1.165) is 0 Å². The minimum absolute atomic E-state index is 0.263. The lowest BCUT2D eigenvalue weighted by molar-refractivity contribution is -0.387. The van der Waals surface area contributed by atoms with Gasteiger partial charge in [0.25, 0.3) is 5.69 Å². The Morgan fingerprint density at radius 1 is 1.45 bits per heavy atom. The first kappa shape index (κ1) is 16.0. The lowest BCUT2D eigenvalue weighted by Crippen LogP contribution is -2.36. The van der Waals surface area contributed by atoms with E-state index in [1.807, 2.05) is 0 Å². The zero-order chi connectivity index (χ0) is 16.3. The highest BCUT2D eigenvalue weighted by atomic mass is 32.2. The van der Waals surface area contributed by atoms with Gasteiger partial charge in [-0.1, -0.05) is 6.07 Å². The maximum Gasteiger partial charge on any atom is 0.289 e. The number of nitro benzene ring substituents is 1. The van der Waals surface area contributed by atoms with Crippen LogP contribution in [0.3, 0.4) is 0 Å². The first-order valence-corrected chi connectivity index (χ1v) is 7.87. The Hall–Kier alpha value is -2.33. The van der Waals surface area contributed by atoms with Crippen LogP contribution in [0.2, 0.25) is 0 Å². The molecule has 118 valence electrons. The molecule has 1 atom stereocenters. The maximum atomic E-state index is 12.3. The van der Waals surface area contributed by atoms with Gasteiger partial charge in [-0.05, 0) is 25.5 Å². The van der Waals surface area contributed by atoms with E-state index in [1.165, 1.54) is 35.5 Å². The van der Waals surface area contributed by atoms with Crippen molar-refractivity contribution in [3.8, 4) is 0 Å². The quantitative estimate of drug-likeness (QED) is 0.621. The minimum atomic E-state index is -4.01. The monoisotopic (exact) mass is 325 g/mol. The van der Waals surface area contributed by atoms with E-state index < -0.39 is 26.7 Å². The highest BCUT2D eigenvalue weighted by Crippen LogP contribution is 2.24. The Morgan fingerprint density at radius 2 is 2.18 bits per heavy atom. The number of aryl methyl sites for hydroxylation is 1. The Balaban J connectivity index is 2.25. The van der Waals surface area contributed by atoms with Gasteiger partial charge in [-0.15, -0.1) is 0 Å². The first-order valence-electron chi connectivity index (χ1n) is 6.39. The summed E-state index contributed by atoms with van der Waals surface area (Å²) in [4.78, 5) is 13.8. The van der Waals surface area contributed by atoms with E-state index in [9.17, 15) is 18.5 Å². The largest absolute Gasteiger partial charge is 0.289 e. The Morgan fingerprint density at radius 3 is 2.77 bits per heavy atom. The van der Waals surface area contributed by atoms with Crippen LogP contribution in [-0.2, 0) is 16.6 Å². The zero-order valence-electron chi connectivity index (χ0n) is 12.0. The van der Waals surface area contributed by atoms with Crippen LogP contribution < -0.4 is 4.72 Å². The van der Waals surface area contributed by atoms with E-state index in [0.29, 0.717) is 5.56 Å². The summed E-state index contributed by atoms with van der Waals surface area (Å²) in [6.07, 6.45) is 2.80. The Kier molecular flexibility index (Phi) is 4.52. The summed E-state index contributed by atoms with van der Waals surface area (Å²) in [5.41, 5.74) is 0.168. The normalized spacial score (nSPS) is 13.0. The molecule has 2 aromatic rings. The van der Waals surface area contributed by atoms with Gasteiger partial charge in [0.05, 0.1) is 11.5 Å². The van der Waals surface area contributed by atoms with Gasteiger partial charge in [0.1, 0.15) is 12.7 Å². The average Bonchev–Trinajstić information content (AvgIpc) is 2.90. The second-order valence-corrected chi connectivity index (χ2v) is 6.55. The van der Waals surface area contributed by atoms with Gasteiger partial charge in [0, 0.05) is 12.1 Å². The van der Waals surface area contributed by atoms with Crippen LogP contribution in [0.4, 0.5) is 5.69 Å². The van der Waals surface area contributed by atoms with Gasteiger partial charge < -0.3 is 0 Å². The average molecular weight is 325 g/mol. The maximum absolute atomic E-state index is 12.3. The van der Waals surface area contributed by atoms with E-state index in [2.05, 4.69) is 14.8 Å². The summed E-state index contributed by atoms with van der Waals surface area (Å²) in [7, 11) is -4.01. The molecule has 22 heavy (non-hydrogen) atoms. The van der Waals surface area contributed by atoms with Gasteiger partial charge in [0.2, 0.25) is 10.0 Å². The molecule has 1 unspecified atom stereocenters. The predicted molar refractivity (Wildman–Crippen MR) is 77.6 cm³/mol. The summed E-state index contributed by atoms with van der Waals surface area (Å²) in [5.74, 6) is 0. The van der Waals surface area contributed by atoms with Crippen molar-refractivity contribution < 1.29 is 13.3 Å². The number of hydrogen-bond donors (Lipinski definition) is 1. The van der Waals surface area contributed by atoms with Crippen LogP contribution in [0.15, 0.2) is 35.7 Å². The molecule has 9 nitrogen and oxygen atoms in total. The van der Waals surface area contributed by atoms with Crippen molar-refractivity contribution >= 4 is 15.7 Å². The molecular weight excluding hydrogens is 310 g/mol. The second-order valence-electron chi connectivity index (χ2n) is 4.87. The molecule has 0 bridgehead atoms. The SMILES string of the molecule is Cc1ccc(S(=O)(=O)NC(C)Cn2cncn2)c([N+](=O)[O-])c1. The number of benzene rings is 1. The fourth-order valence-corrected chi connectivity index (χ4v) is 3.36. The zero-order valence-corrected chi connectivity index (χ0v) is 12.8. The third-order valence-corrected chi connectivity index (χ3v) is 4.52. The number of sulfonamides is 1. The summed E-state index contributed by atoms with van der Waals surface area (Å²) in [6.45, 7) is 3.56. The van der Waals surface area contributed by atoms with Gasteiger partial charge in [-0.3, -0.25) is 14.8 Å². The first-order chi connectivity index (χ1) is 10.3. The Labute approximate surface area is 127 Å². The van der Waals surface area contributed by atoms with Crippen LogP contribution in [0.25, 0.3) is 0 Å². The number of nitrogens with one attached hydrogen (secondary N) is 1. The lowest BCUT2D eigenvalue weighted by Gasteiger charge is -2.14. The molecule has 1 aromatic heterocycles. The standard InChI is InChI=1S/C12H15N5O4S/c1-9-3-4-12(11(5-9)17(18)19)22(20,21)15-10(2)6-16-8-13-7-14-16/h3-5,7-8,10,15H,6H2,1-2H3. The fourth-order valence-electron chi connectivity index (χ4n) is 1.97. The topological polar surface area (TPSA) is 120 Å². The molecule has 0 aliphatic carbocycles. The highest BCUT2D eigenvalue weighted by molar-refractivity contribution is 7.89. The minimum Gasteiger partial charge on any atom is -0.258 e. The van der Waals surface area contributed by atoms with Gasteiger partial charge >= 0.3 is 0 Å². The molecular formula is C12H15N5O4S. The van der Waals surface area contributed by atoms with E-state index in [-0.39, 0.29) is 11.4 Å². The summed E-state index contributed by atoms with van der Waals surface area (Å²) < 4.78 is 28.6. The summed E-state index contributed by atoms with van der Waals surface area (Å²) in [6, 6.07) is 3.48. The molecule has 0 fully saturated rings. The smallest absolute Gasteiger partial charge is 0.258 e. The van der Waals surface area contributed by atoms with E-state index in [4.69, 9.17) is 0 Å². The number of hydrogen-bond acceptors (Lipinski definition) is 6. The molecule has 0 spiro atoms. The van der Waals surface area contributed by atoms with E-state index >= 15 is 0 Å². The van der Waals surface area contributed by atoms with Crippen molar-refractivity contribution in [2.45, 2.75) is 31.3 Å². The third kappa shape index (κ3) is 3.65. The summed E-state index contributed by atoms with van der Waals surface area (Å²) >= 11 is 0. The number of aromatic nitrogens is 3. The molecule has 1 heterocycles. The van der Waals surface area contributed by atoms with Crippen molar-refractivity contribution in [2.75, 3.05) is 0 Å². The van der Waals surface area contributed by atoms with Crippen LogP contribution >= 0.6 is 0 Å². The van der Waals surface area contributed by atoms with Gasteiger partial charge in [-0.25, -0.2) is 18.1 Å². The molecule has 0 aliphatic rings. The molecule has 2 rings (SSSR count). The van der Waals surface area contributed by atoms with Crippen LogP contribution in [0.5, 0.6) is 0 Å². The van der Waals surface area contributed by atoms with Gasteiger partial charge in [-0.2, -0.15) is 5.10 Å². The predicted octanol–water partition coefficient (Wildman–Crippen LogP) is 0.862. The van der Waals surface area contributed by atoms with Crippen LogP contribution in [-0.4, -0.2) is 34.1 Å². The molecule has 1 aromatic carbocycles. The molecule has 0 amide bonds. The number of nitrogens with zero attached hydrogens (tertiary/aromatic N) is 4. The van der Waals surface area contributed by atoms with Crippen molar-refractivity contribution in [3.63, 3.8) is 0 Å². The third-order valence-electron chi connectivity index (χ3n) is 2.88. The molecule has 10 heteroatoms. The molecule has 0 saturated heterocycles. The number of nitro groups is 1. The molecule has 1 N–H and O–H groups in total. The second kappa shape index (κ2) is 6.20. The van der Waals surface area contributed by atoms with E-state index in [1.54, 1.807) is 13.8 Å². The Bertz CT molecular complexity index is 773. The van der Waals surface area contributed by atoms with Crippen molar-refractivity contribution in [2.24, 2.45) is 0 Å². The van der Waals surface area contributed by atoms with Crippen molar-refractivity contribution in [3.05, 3.63) is 46.5 Å². The lowest BCUT2D eigenvalue weighted by atomic mass is 10.2. The highest BCUT2D eigenvalue weighted by Gasteiger charge is 2.27. The van der Waals surface area contributed by atoms with Crippen molar-refractivity contribution in [1.29, 1.82) is 0 Å². The number of rotatable bonds is 6. The molecule has 0 aliphatic heterocycles. The fraction of sp³-hybridized carbons (Fsp3) is 0.333. The molecule has 0 radical (unpaired) electrons.